The van der Waals surface area contributed by atoms with E-state index in [0.29, 0.717) is 49.8 Å². The molecule has 1 aliphatic carbocycles. The topological polar surface area (TPSA) is 122 Å². The van der Waals surface area contributed by atoms with Crippen LogP contribution in [0, 0.1) is 5.82 Å². The van der Waals surface area contributed by atoms with Gasteiger partial charge in [-0.05, 0) is 67.0 Å². The van der Waals surface area contributed by atoms with E-state index in [1.54, 1.807) is 24.4 Å². The van der Waals surface area contributed by atoms with Gasteiger partial charge in [-0.2, -0.15) is 0 Å². The normalized spacial score (nSPS) is 19.9. The summed E-state index contributed by atoms with van der Waals surface area (Å²) >= 11 is 1.26. The third-order valence-electron chi connectivity index (χ3n) is 9.04. The maximum Gasteiger partial charge on any atom is 0.375 e. The third-order valence-corrected chi connectivity index (χ3v) is 10.1. The number of amides is 3. The van der Waals surface area contributed by atoms with Crippen LogP contribution in [0.15, 0.2) is 54.7 Å². The van der Waals surface area contributed by atoms with Crippen molar-refractivity contribution in [3.63, 3.8) is 0 Å². The van der Waals surface area contributed by atoms with Crippen molar-refractivity contribution in [2.75, 3.05) is 6.54 Å². The number of hydrogen-bond acceptors (Lipinski definition) is 7. The lowest BCUT2D eigenvalue weighted by Crippen LogP contribution is -2.55. The Morgan fingerprint density at radius 3 is 2.70 bits per heavy atom. The van der Waals surface area contributed by atoms with E-state index in [0.717, 1.165) is 36.9 Å². The standard InChI is InChI=1S/C31H26BFN6O3S/c33-17-7-5-16(6-8-17)32(34)39-15-21-25(31(39)42)26(27-28(36-21)22-4-2-14-38(22)30(27)41)23-11-12-24(43-23)29(40)37-20-10-9-19-18(20)3-1-13-35-19/h1,3,5-8,11-13,20,22H,2,4,9-10,14-15,34H2,(H,37,40). The fraction of sp³-hybridized carbons (Fsp3) is 0.258. The molecule has 12 heteroatoms. The lowest BCUT2D eigenvalue weighted by molar-refractivity contribution is 0.0776. The van der Waals surface area contributed by atoms with Gasteiger partial charge >= 0.3 is 6.98 Å². The smallest absolute Gasteiger partial charge is 0.358 e. The van der Waals surface area contributed by atoms with E-state index in [4.69, 9.17) is 10.6 Å². The van der Waals surface area contributed by atoms with E-state index in [1.807, 2.05) is 23.1 Å². The molecule has 43 heavy (non-hydrogen) atoms. The summed E-state index contributed by atoms with van der Waals surface area (Å²) in [6.07, 6.45) is 5.07. The fourth-order valence-corrected chi connectivity index (χ4v) is 7.94. The predicted molar refractivity (Wildman–Crippen MR) is 159 cm³/mol. The van der Waals surface area contributed by atoms with Gasteiger partial charge in [0.25, 0.3) is 11.8 Å². The minimum absolute atomic E-state index is 0.118. The molecule has 0 spiro atoms. The van der Waals surface area contributed by atoms with Crippen molar-refractivity contribution in [3.05, 3.63) is 99.2 Å². The van der Waals surface area contributed by atoms with Crippen molar-refractivity contribution in [3.8, 4) is 10.4 Å². The number of nitrogens with zero attached hydrogens (tertiary/aromatic N) is 4. The average molecular weight is 592 g/mol. The lowest BCUT2D eigenvalue weighted by atomic mass is 9.67. The molecule has 3 N–H and O–H groups in total. The zero-order chi connectivity index (χ0) is 29.4. The van der Waals surface area contributed by atoms with Crippen molar-refractivity contribution in [2.45, 2.75) is 44.3 Å². The Hall–Kier alpha value is -4.42. The molecule has 4 aliphatic rings. The number of carbonyl (C=O) groups is 3. The second kappa shape index (κ2) is 9.82. The van der Waals surface area contributed by atoms with Crippen LogP contribution in [0.5, 0.6) is 0 Å². The average Bonchev–Trinajstić information content (AvgIpc) is 3.84. The summed E-state index contributed by atoms with van der Waals surface area (Å²) in [5.74, 6) is -1.07. The van der Waals surface area contributed by atoms with Gasteiger partial charge in [-0.25, -0.2) is 4.39 Å². The first-order chi connectivity index (χ1) is 20.9. The number of halogens is 1. The van der Waals surface area contributed by atoms with Gasteiger partial charge in [0.15, 0.2) is 0 Å². The Balaban J connectivity index is 1.18. The van der Waals surface area contributed by atoms with Crippen LogP contribution in [-0.4, -0.2) is 50.9 Å². The Labute approximate surface area is 251 Å². The fourth-order valence-electron chi connectivity index (χ4n) is 6.97. The maximum absolute atomic E-state index is 14.0. The highest BCUT2D eigenvalue weighted by atomic mass is 32.1. The molecule has 1 fully saturated rings. The zero-order valence-corrected chi connectivity index (χ0v) is 23.9. The predicted octanol–water partition coefficient (Wildman–Crippen LogP) is 3.36. The molecule has 1 saturated heterocycles. The number of nitrogens with one attached hydrogen (secondary N) is 1. The van der Waals surface area contributed by atoms with E-state index in [-0.39, 0.29) is 36.3 Å². The highest BCUT2D eigenvalue weighted by Gasteiger charge is 2.47. The van der Waals surface area contributed by atoms with Crippen LogP contribution in [0.25, 0.3) is 10.4 Å². The molecule has 3 aliphatic heterocycles. The molecule has 9 nitrogen and oxygen atoms in total. The van der Waals surface area contributed by atoms with E-state index in [2.05, 4.69) is 10.3 Å². The van der Waals surface area contributed by atoms with Gasteiger partial charge in [-0.3, -0.25) is 24.4 Å². The quantitative estimate of drug-likeness (QED) is 0.343. The Morgan fingerprint density at radius 2 is 1.86 bits per heavy atom. The molecular formula is C31H26BFN6O3S. The summed E-state index contributed by atoms with van der Waals surface area (Å²) in [5, 5.41) is 3.14. The van der Waals surface area contributed by atoms with Crippen LogP contribution < -0.4 is 16.4 Å². The third kappa shape index (κ3) is 4.04. The first-order valence-electron chi connectivity index (χ1n) is 14.4. The van der Waals surface area contributed by atoms with Gasteiger partial charge in [0.05, 0.1) is 46.0 Å². The first-order valence-corrected chi connectivity index (χ1v) is 15.3. The maximum atomic E-state index is 14.0. The number of thiophene rings is 1. The van der Waals surface area contributed by atoms with Crippen LogP contribution in [0.2, 0.25) is 0 Å². The SMILES string of the molecule is NB(c1ccc(F)cc1)N1Cc2nc3c(c(-c4ccc(C(=O)NC5CCc6ncccc65)s4)c2C1=O)C(=O)N1CCCC31. The molecule has 0 radical (unpaired) electrons. The summed E-state index contributed by atoms with van der Waals surface area (Å²) in [4.78, 5) is 55.0. The second-order valence-electron chi connectivity index (χ2n) is 11.4. The van der Waals surface area contributed by atoms with Crippen LogP contribution >= 0.6 is 11.3 Å². The number of hydrogen-bond donors (Lipinski definition) is 2. The number of aromatic nitrogens is 2. The number of nitrogens with two attached hydrogens (primary N) is 1. The number of carbonyl (C=O) groups excluding carboxylic acids is 3. The molecule has 0 bridgehead atoms. The molecule has 0 saturated carbocycles. The minimum Gasteiger partial charge on any atom is -0.358 e. The molecule has 6 heterocycles. The van der Waals surface area contributed by atoms with Crippen molar-refractivity contribution in [1.82, 2.24) is 25.0 Å². The van der Waals surface area contributed by atoms with Gasteiger partial charge in [0.1, 0.15) is 5.82 Å². The first kappa shape index (κ1) is 26.2. The van der Waals surface area contributed by atoms with E-state index < -0.39 is 12.8 Å². The molecule has 214 valence electrons. The highest BCUT2D eigenvalue weighted by Crippen LogP contribution is 2.48. The number of pyridine rings is 2. The summed E-state index contributed by atoms with van der Waals surface area (Å²) in [6.45, 7) is -0.00560. The number of fused-ring (bicyclic) bond motifs is 5. The summed E-state index contributed by atoms with van der Waals surface area (Å²) < 4.78 is 13.6. The molecule has 3 amide bonds. The van der Waals surface area contributed by atoms with Gasteiger partial charge in [0, 0.05) is 28.9 Å². The van der Waals surface area contributed by atoms with Gasteiger partial charge in [-0.15, -0.1) is 11.3 Å². The van der Waals surface area contributed by atoms with Crippen molar-refractivity contribution >= 4 is 41.5 Å². The summed E-state index contributed by atoms with van der Waals surface area (Å²) in [6, 6.07) is 12.9. The van der Waals surface area contributed by atoms with Crippen LogP contribution in [-0.2, 0) is 13.0 Å². The van der Waals surface area contributed by atoms with E-state index in [9.17, 15) is 18.8 Å². The van der Waals surface area contributed by atoms with Crippen LogP contribution in [0.4, 0.5) is 4.39 Å². The van der Waals surface area contributed by atoms with E-state index in [1.165, 1.54) is 28.3 Å². The molecule has 8 rings (SSSR count). The Bertz CT molecular complexity index is 1850. The minimum atomic E-state index is -0.822. The van der Waals surface area contributed by atoms with Gasteiger partial charge < -0.3 is 20.7 Å². The Kier molecular flexibility index (Phi) is 5.99. The number of benzene rings is 1. The molecule has 4 aromatic rings. The lowest BCUT2D eigenvalue weighted by Gasteiger charge is -2.21. The molecular weight excluding hydrogens is 566 g/mol. The van der Waals surface area contributed by atoms with Crippen LogP contribution in [0.1, 0.15) is 84.4 Å². The number of rotatable bonds is 5. The van der Waals surface area contributed by atoms with E-state index >= 15 is 0 Å². The molecule has 3 aromatic heterocycles. The van der Waals surface area contributed by atoms with Crippen LogP contribution in [0.3, 0.4) is 0 Å². The molecule has 2 atom stereocenters. The van der Waals surface area contributed by atoms with Gasteiger partial charge in [0.2, 0.25) is 5.91 Å². The highest BCUT2D eigenvalue weighted by molar-refractivity contribution is 7.17. The van der Waals surface area contributed by atoms with Crippen molar-refractivity contribution in [2.24, 2.45) is 5.64 Å². The molecule has 2 unspecified atom stereocenters. The zero-order valence-electron chi connectivity index (χ0n) is 23.0. The Morgan fingerprint density at radius 1 is 1.02 bits per heavy atom. The molecule has 1 aromatic carbocycles. The van der Waals surface area contributed by atoms with Crippen molar-refractivity contribution < 1.29 is 18.8 Å². The summed E-state index contributed by atoms with van der Waals surface area (Å²) in [7, 11) is 0. The second-order valence-corrected chi connectivity index (χ2v) is 12.5. The van der Waals surface area contributed by atoms with Crippen molar-refractivity contribution in [1.29, 1.82) is 0 Å². The monoisotopic (exact) mass is 592 g/mol. The summed E-state index contributed by atoms with van der Waals surface area (Å²) in [5.41, 5.74) is 11.7. The largest absolute Gasteiger partial charge is 0.375 e. The van der Waals surface area contributed by atoms with Gasteiger partial charge in [-0.1, -0.05) is 18.2 Å². The number of aryl methyl sites for hydroxylation is 1.